The Balaban J connectivity index is 2.31. The topological polar surface area (TPSA) is 83.9 Å². The van der Waals surface area contributed by atoms with Crippen molar-refractivity contribution in [3.05, 3.63) is 29.6 Å². The first kappa shape index (κ1) is 18.2. The van der Waals surface area contributed by atoms with E-state index in [1.54, 1.807) is 13.4 Å². The molecule has 1 aromatic carbocycles. The van der Waals surface area contributed by atoms with Gasteiger partial charge in [-0.15, -0.1) is 0 Å². The van der Waals surface area contributed by atoms with Crippen molar-refractivity contribution in [2.75, 3.05) is 7.11 Å². The number of aromatic amines is 1. The summed E-state index contributed by atoms with van der Waals surface area (Å²) in [7, 11) is 1.57. The second kappa shape index (κ2) is 5.97. The molecule has 0 aliphatic heterocycles. The van der Waals surface area contributed by atoms with Crippen molar-refractivity contribution in [1.82, 2.24) is 19.9 Å². The van der Waals surface area contributed by atoms with Crippen LogP contribution in [0.25, 0.3) is 22.6 Å². The predicted molar refractivity (Wildman–Crippen MR) is 103 cm³/mol. The minimum Gasteiger partial charge on any atom is -0.507 e. The lowest BCUT2D eigenvalue weighted by Gasteiger charge is -2.28. The van der Waals surface area contributed by atoms with Gasteiger partial charge in [-0.05, 0) is 23.0 Å². The van der Waals surface area contributed by atoms with E-state index in [4.69, 9.17) is 4.74 Å². The van der Waals surface area contributed by atoms with E-state index in [0.717, 1.165) is 16.7 Å². The standard InChI is InChI=1S/C20H26N4O2/c1-19(2,3)12-8-11(9-13(15(12)25)20(4,5)6)16-23-17-14(21-10-22-17)18(24-16)26-7/h8-10,25H,1-7H3,(H,21,22,23,24). The number of rotatable bonds is 2. The molecule has 0 saturated heterocycles. The number of hydrogen-bond donors (Lipinski definition) is 2. The molecule has 0 aliphatic rings. The summed E-state index contributed by atoms with van der Waals surface area (Å²) >= 11 is 0. The first-order valence-electron chi connectivity index (χ1n) is 8.66. The zero-order valence-electron chi connectivity index (χ0n) is 16.4. The number of H-pyrrole nitrogens is 1. The number of phenols is 1. The molecule has 3 aromatic rings. The zero-order chi connectivity index (χ0) is 19.3. The maximum Gasteiger partial charge on any atom is 0.245 e. The van der Waals surface area contributed by atoms with Crippen molar-refractivity contribution in [1.29, 1.82) is 0 Å². The molecule has 138 valence electrons. The van der Waals surface area contributed by atoms with Crippen LogP contribution in [0.4, 0.5) is 0 Å². The molecule has 0 fully saturated rings. The van der Waals surface area contributed by atoms with E-state index in [9.17, 15) is 5.11 Å². The third-order valence-corrected chi connectivity index (χ3v) is 4.42. The van der Waals surface area contributed by atoms with Gasteiger partial charge in [-0.25, -0.2) is 9.97 Å². The molecule has 6 nitrogen and oxygen atoms in total. The summed E-state index contributed by atoms with van der Waals surface area (Å²) in [5.74, 6) is 1.30. The van der Waals surface area contributed by atoms with Gasteiger partial charge in [0.25, 0.3) is 0 Å². The minimum absolute atomic E-state index is 0.220. The molecular formula is C20H26N4O2. The molecule has 0 saturated carbocycles. The molecule has 0 aliphatic carbocycles. The molecule has 2 N–H and O–H groups in total. The number of aromatic nitrogens is 4. The Morgan fingerprint density at radius 3 is 2.04 bits per heavy atom. The Kier molecular flexibility index (Phi) is 4.17. The van der Waals surface area contributed by atoms with E-state index < -0.39 is 0 Å². The van der Waals surface area contributed by atoms with Crippen LogP contribution >= 0.6 is 0 Å². The number of fused-ring (bicyclic) bond motifs is 1. The van der Waals surface area contributed by atoms with Crippen LogP contribution in [0.2, 0.25) is 0 Å². The largest absolute Gasteiger partial charge is 0.507 e. The Bertz CT molecular complexity index is 927. The zero-order valence-corrected chi connectivity index (χ0v) is 16.4. The minimum atomic E-state index is -0.220. The van der Waals surface area contributed by atoms with Crippen LogP contribution in [0, 0.1) is 0 Å². The van der Waals surface area contributed by atoms with Crippen LogP contribution in [0.5, 0.6) is 11.6 Å². The lowest BCUT2D eigenvalue weighted by molar-refractivity contribution is 0.402. The highest BCUT2D eigenvalue weighted by Crippen LogP contribution is 2.41. The number of nitrogens with one attached hydrogen (secondary N) is 1. The molecule has 3 rings (SSSR count). The molecule has 0 radical (unpaired) electrons. The van der Waals surface area contributed by atoms with Crippen molar-refractivity contribution < 1.29 is 9.84 Å². The monoisotopic (exact) mass is 354 g/mol. The number of imidazole rings is 1. The van der Waals surface area contributed by atoms with Gasteiger partial charge in [0.2, 0.25) is 5.88 Å². The van der Waals surface area contributed by atoms with Gasteiger partial charge in [-0.3, -0.25) is 0 Å². The van der Waals surface area contributed by atoms with Gasteiger partial charge < -0.3 is 14.8 Å². The van der Waals surface area contributed by atoms with Gasteiger partial charge in [0.15, 0.2) is 17.0 Å². The highest BCUT2D eigenvalue weighted by atomic mass is 16.5. The van der Waals surface area contributed by atoms with Gasteiger partial charge in [0.05, 0.1) is 13.4 Å². The van der Waals surface area contributed by atoms with Crippen molar-refractivity contribution in [2.45, 2.75) is 52.4 Å². The molecule has 0 bridgehead atoms. The maximum absolute atomic E-state index is 10.9. The molecule has 0 amide bonds. The molecule has 26 heavy (non-hydrogen) atoms. The van der Waals surface area contributed by atoms with Gasteiger partial charge in [0.1, 0.15) is 5.75 Å². The van der Waals surface area contributed by atoms with Crippen LogP contribution in [0.3, 0.4) is 0 Å². The highest BCUT2D eigenvalue weighted by Gasteiger charge is 2.27. The van der Waals surface area contributed by atoms with Gasteiger partial charge >= 0.3 is 0 Å². The Hall–Kier alpha value is -2.63. The number of benzene rings is 1. The third kappa shape index (κ3) is 3.11. The van der Waals surface area contributed by atoms with Crippen molar-refractivity contribution >= 4 is 11.2 Å². The summed E-state index contributed by atoms with van der Waals surface area (Å²) < 4.78 is 5.38. The molecule has 0 unspecified atom stereocenters. The molecular weight excluding hydrogens is 328 g/mol. The van der Waals surface area contributed by atoms with Crippen LogP contribution in [0.1, 0.15) is 52.7 Å². The fraction of sp³-hybridized carbons (Fsp3) is 0.450. The number of hydrogen-bond acceptors (Lipinski definition) is 5. The van der Waals surface area contributed by atoms with E-state index in [1.165, 1.54) is 0 Å². The lowest BCUT2D eigenvalue weighted by Crippen LogP contribution is -2.17. The highest BCUT2D eigenvalue weighted by molar-refractivity contribution is 5.78. The number of nitrogens with zero attached hydrogens (tertiary/aromatic N) is 3. The van der Waals surface area contributed by atoms with Crippen molar-refractivity contribution in [3.63, 3.8) is 0 Å². The van der Waals surface area contributed by atoms with Crippen LogP contribution < -0.4 is 4.74 Å². The smallest absolute Gasteiger partial charge is 0.245 e. The van der Waals surface area contributed by atoms with Crippen LogP contribution in [0.15, 0.2) is 18.5 Å². The van der Waals surface area contributed by atoms with Gasteiger partial charge in [-0.2, -0.15) is 4.98 Å². The Morgan fingerprint density at radius 1 is 0.962 bits per heavy atom. The normalized spacial score (nSPS) is 12.6. The van der Waals surface area contributed by atoms with E-state index in [0.29, 0.717) is 28.6 Å². The average Bonchev–Trinajstić information content (AvgIpc) is 3.00. The van der Waals surface area contributed by atoms with E-state index in [1.807, 2.05) is 12.1 Å². The number of ether oxygens (including phenoxy) is 1. The maximum atomic E-state index is 10.9. The number of methoxy groups -OCH3 is 1. The summed E-state index contributed by atoms with van der Waals surface area (Å²) in [6.45, 7) is 12.5. The van der Waals surface area contributed by atoms with Gasteiger partial charge in [-0.1, -0.05) is 41.5 Å². The van der Waals surface area contributed by atoms with Crippen LogP contribution in [-0.4, -0.2) is 32.2 Å². The molecule has 0 spiro atoms. The quantitative estimate of drug-likeness (QED) is 0.715. The first-order chi connectivity index (χ1) is 12.0. The van der Waals surface area contributed by atoms with Gasteiger partial charge in [0, 0.05) is 16.7 Å². The summed E-state index contributed by atoms with van der Waals surface area (Å²) in [5.41, 5.74) is 3.35. The first-order valence-corrected chi connectivity index (χ1v) is 8.66. The van der Waals surface area contributed by atoms with E-state index in [2.05, 4.69) is 61.5 Å². The molecule has 6 heteroatoms. The van der Waals surface area contributed by atoms with Crippen LogP contribution in [-0.2, 0) is 10.8 Å². The lowest BCUT2D eigenvalue weighted by atomic mass is 9.78. The average molecular weight is 354 g/mol. The summed E-state index contributed by atoms with van der Waals surface area (Å²) in [6, 6.07) is 3.92. The molecule has 2 heterocycles. The Labute approximate surface area is 153 Å². The number of phenolic OH excluding ortho intramolecular Hbond substituents is 1. The van der Waals surface area contributed by atoms with Crippen molar-refractivity contribution in [3.8, 4) is 23.0 Å². The Morgan fingerprint density at radius 2 is 1.54 bits per heavy atom. The summed E-state index contributed by atoms with van der Waals surface area (Å²) in [5, 5.41) is 10.9. The predicted octanol–water partition coefficient (Wildman–Crippen LogP) is 4.33. The fourth-order valence-electron chi connectivity index (χ4n) is 2.99. The second-order valence-corrected chi connectivity index (χ2v) is 8.58. The molecule has 0 atom stereocenters. The molecule has 2 aromatic heterocycles. The summed E-state index contributed by atoms with van der Waals surface area (Å²) in [6.07, 6.45) is 1.57. The van der Waals surface area contributed by atoms with E-state index >= 15 is 0 Å². The SMILES string of the molecule is COc1nc(-c2cc(C(C)(C)C)c(O)c(C(C)(C)C)c2)nc2[nH]cnc12. The van der Waals surface area contributed by atoms with E-state index in [-0.39, 0.29) is 10.8 Å². The number of aromatic hydroxyl groups is 1. The fourth-order valence-corrected chi connectivity index (χ4v) is 2.99. The van der Waals surface area contributed by atoms with Crippen molar-refractivity contribution in [2.24, 2.45) is 0 Å². The third-order valence-electron chi connectivity index (χ3n) is 4.42. The second-order valence-electron chi connectivity index (χ2n) is 8.58. The summed E-state index contributed by atoms with van der Waals surface area (Å²) in [4.78, 5) is 16.4.